The molecule has 32 heavy (non-hydrogen) atoms. The van der Waals surface area contributed by atoms with Crippen molar-refractivity contribution in [2.45, 2.75) is 45.4 Å². The van der Waals surface area contributed by atoms with Gasteiger partial charge >= 0.3 is 11.9 Å². The van der Waals surface area contributed by atoms with Gasteiger partial charge in [0.15, 0.2) is 0 Å². The van der Waals surface area contributed by atoms with Crippen LogP contribution in [0.5, 0.6) is 5.75 Å². The molecule has 2 aromatic carbocycles. The third kappa shape index (κ3) is 7.15. The van der Waals surface area contributed by atoms with Crippen molar-refractivity contribution < 1.29 is 19.1 Å². The fourth-order valence-corrected chi connectivity index (χ4v) is 4.02. The first-order chi connectivity index (χ1) is 15.4. The molecule has 0 amide bonds. The summed E-state index contributed by atoms with van der Waals surface area (Å²) in [5, 5.41) is 0. The summed E-state index contributed by atoms with van der Waals surface area (Å²) in [5.41, 5.74) is 14.4. The molecule has 0 heterocycles. The molecular weight excluding hydrogens is 404 g/mol. The van der Waals surface area contributed by atoms with Crippen molar-refractivity contribution in [3.05, 3.63) is 59.7 Å². The third-order valence-electron chi connectivity index (χ3n) is 5.94. The molecule has 4 N–H and O–H groups in total. The molecule has 0 spiro atoms. The maximum absolute atomic E-state index is 12.4. The molecule has 0 aliphatic heterocycles. The molecule has 1 aliphatic rings. The Morgan fingerprint density at radius 2 is 1.66 bits per heavy atom. The summed E-state index contributed by atoms with van der Waals surface area (Å²) in [6, 6.07) is 12.4. The third-order valence-corrected chi connectivity index (χ3v) is 5.94. The number of rotatable bonds is 8. The summed E-state index contributed by atoms with van der Waals surface area (Å²) >= 11 is 0. The van der Waals surface area contributed by atoms with Crippen LogP contribution in [0, 0.1) is 11.8 Å². The Kier molecular flexibility index (Phi) is 8.31. The van der Waals surface area contributed by atoms with Crippen LogP contribution >= 0.6 is 0 Å². The second-order valence-corrected chi connectivity index (χ2v) is 8.37. The van der Waals surface area contributed by atoms with E-state index in [9.17, 15) is 9.59 Å². The van der Waals surface area contributed by atoms with E-state index in [1.807, 2.05) is 12.1 Å². The lowest BCUT2D eigenvalue weighted by Gasteiger charge is -2.26. The zero-order valence-electron chi connectivity index (χ0n) is 18.6. The van der Waals surface area contributed by atoms with Crippen molar-refractivity contribution in [3.8, 4) is 5.75 Å². The number of carbonyl (C=O) groups is 2. The zero-order valence-corrected chi connectivity index (χ0v) is 18.6. The van der Waals surface area contributed by atoms with Gasteiger partial charge in [0.2, 0.25) is 0 Å². The van der Waals surface area contributed by atoms with Gasteiger partial charge in [-0.05, 0) is 79.1 Å². The molecule has 0 radical (unpaired) electrons. The highest BCUT2D eigenvalue weighted by atomic mass is 16.5. The van der Waals surface area contributed by atoms with E-state index in [2.05, 4.69) is 6.92 Å². The van der Waals surface area contributed by atoms with Gasteiger partial charge in [0.1, 0.15) is 5.75 Å². The van der Waals surface area contributed by atoms with Crippen LogP contribution in [0.25, 0.3) is 6.08 Å². The molecular formula is C26H32N2O4. The van der Waals surface area contributed by atoms with Crippen LogP contribution in [0.1, 0.15) is 50.2 Å². The minimum Gasteiger partial charge on any atom is -0.462 e. The summed E-state index contributed by atoms with van der Waals surface area (Å²) in [5.74, 6) is 0.686. The molecule has 0 aromatic heterocycles. The standard InChI is InChI=1S/C26H32N2O4/c1-2-18-3-8-21(9-4-18)26(30)32-24-10-5-19(6-11-24)7-12-25(29)31-14-13-20-15-22(27)17-23(28)16-20/h5-7,10-12,15-18,21H,2-4,8-9,13-14,27-28H2,1H3. The Bertz CT molecular complexity index is 925. The largest absolute Gasteiger partial charge is 0.462 e. The summed E-state index contributed by atoms with van der Waals surface area (Å²) in [6.45, 7) is 2.44. The van der Waals surface area contributed by atoms with Crippen molar-refractivity contribution in [2.75, 3.05) is 18.1 Å². The number of nitrogen functional groups attached to an aromatic ring is 2. The van der Waals surface area contributed by atoms with E-state index in [4.69, 9.17) is 20.9 Å². The van der Waals surface area contributed by atoms with Crippen molar-refractivity contribution in [2.24, 2.45) is 11.8 Å². The molecule has 1 fully saturated rings. The van der Waals surface area contributed by atoms with E-state index in [-0.39, 0.29) is 18.5 Å². The van der Waals surface area contributed by atoms with E-state index >= 15 is 0 Å². The molecule has 170 valence electrons. The molecule has 0 bridgehead atoms. The van der Waals surface area contributed by atoms with Gasteiger partial charge in [-0.15, -0.1) is 0 Å². The predicted octanol–water partition coefficient (Wildman–Crippen LogP) is 4.77. The maximum Gasteiger partial charge on any atom is 0.330 e. The SMILES string of the molecule is CCC1CCC(C(=O)Oc2ccc(C=CC(=O)OCCc3cc(N)cc(N)c3)cc2)CC1. The molecule has 1 saturated carbocycles. The molecule has 2 aromatic rings. The van der Waals surface area contributed by atoms with E-state index in [0.717, 1.165) is 42.7 Å². The summed E-state index contributed by atoms with van der Waals surface area (Å²) in [6.07, 6.45) is 8.78. The Hall–Kier alpha value is -3.28. The molecule has 0 saturated heterocycles. The molecule has 6 heteroatoms. The number of anilines is 2. The van der Waals surface area contributed by atoms with Crippen molar-refractivity contribution >= 4 is 29.4 Å². The number of nitrogens with two attached hydrogens (primary N) is 2. The van der Waals surface area contributed by atoms with E-state index in [0.29, 0.717) is 23.5 Å². The van der Waals surface area contributed by atoms with Gasteiger partial charge in [-0.3, -0.25) is 4.79 Å². The Labute approximate surface area is 189 Å². The molecule has 0 unspecified atom stereocenters. The molecule has 0 atom stereocenters. The van der Waals surface area contributed by atoms with Crippen molar-refractivity contribution in [1.82, 2.24) is 0 Å². The molecule has 3 rings (SSSR count). The monoisotopic (exact) mass is 436 g/mol. The van der Waals surface area contributed by atoms with E-state index in [1.54, 1.807) is 36.4 Å². The lowest BCUT2D eigenvalue weighted by Crippen LogP contribution is -2.25. The van der Waals surface area contributed by atoms with Gasteiger partial charge in [-0.25, -0.2) is 4.79 Å². The second-order valence-electron chi connectivity index (χ2n) is 8.37. The van der Waals surface area contributed by atoms with Crippen LogP contribution in [0.3, 0.4) is 0 Å². The minimum absolute atomic E-state index is 0.00379. The Morgan fingerprint density at radius 1 is 1.00 bits per heavy atom. The summed E-state index contributed by atoms with van der Waals surface area (Å²) < 4.78 is 10.8. The van der Waals surface area contributed by atoms with Gasteiger partial charge in [0, 0.05) is 23.9 Å². The summed E-state index contributed by atoms with van der Waals surface area (Å²) in [7, 11) is 0. The number of esters is 2. The van der Waals surface area contributed by atoms with Gasteiger partial charge in [0.05, 0.1) is 12.5 Å². The first-order valence-corrected chi connectivity index (χ1v) is 11.2. The van der Waals surface area contributed by atoms with Crippen LogP contribution in [-0.4, -0.2) is 18.5 Å². The van der Waals surface area contributed by atoms with Crippen molar-refractivity contribution in [3.63, 3.8) is 0 Å². The lowest BCUT2D eigenvalue weighted by molar-refractivity contribution is -0.140. The van der Waals surface area contributed by atoms with Crippen LogP contribution in [0.4, 0.5) is 11.4 Å². The average Bonchev–Trinajstić information content (AvgIpc) is 2.78. The van der Waals surface area contributed by atoms with Gasteiger partial charge in [0.25, 0.3) is 0 Å². The number of ether oxygens (including phenoxy) is 2. The predicted molar refractivity (Wildman–Crippen MR) is 127 cm³/mol. The first kappa shape index (κ1) is 23.4. The average molecular weight is 437 g/mol. The smallest absolute Gasteiger partial charge is 0.330 e. The van der Waals surface area contributed by atoms with Gasteiger partial charge < -0.3 is 20.9 Å². The zero-order chi connectivity index (χ0) is 22.9. The Morgan fingerprint density at radius 3 is 2.28 bits per heavy atom. The van der Waals surface area contributed by atoms with Crippen LogP contribution < -0.4 is 16.2 Å². The quantitative estimate of drug-likeness (QED) is 0.267. The second kappa shape index (κ2) is 11.4. The fraction of sp³-hybridized carbons (Fsp3) is 0.385. The molecule has 1 aliphatic carbocycles. The topological polar surface area (TPSA) is 105 Å². The van der Waals surface area contributed by atoms with E-state index in [1.165, 1.54) is 12.5 Å². The van der Waals surface area contributed by atoms with Gasteiger partial charge in [-0.1, -0.05) is 25.5 Å². The summed E-state index contributed by atoms with van der Waals surface area (Å²) in [4.78, 5) is 24.3. The van der Waals surface area contributed by atoms with Crippen molar-refractivity contribution in [1.29, 1.82) is 0 Å². The maximum atomic E-state index is 12.4. The number of benzene rings is 2. The first-order valence-electron chi connectivity index (χ1n) is 11.2. The van der Waals surface area contributed by atoms with Crippen LogP contribution in [0.2, 0.25) is 0 Å². The van der Waals surface area contributed by atoms with Gasteiger partial charge in [-0.2, -0.15) is 0 Å². The number of carbonyl (C=O) groups excluding carboxylic acids is 2. The van der Waals surface area contributed by atoms with Crippen LogP contribution in [-0.2, 0) is 20.7 Å². The minimum atomic E-state index is -0.430. The number of hydrogen-bond donors (Lipinski definition) is 2. The Balaban J connectivity index is 1.42. The van der Waals surface area contributed by atoms with E-state index < -0.39 is 5.97 Å². The highest BCUT2D eigenvalue weighted by Gasteiger charge is 2.26. The highest BCUT2D eigenvalue weighted by Crippen LogP contribution is 2.31. The number of hydrogen-bond acceptors (Lipinski definition) is 6. The fourth-order valence-electron chi connectivity index (χ4n) is 4.02. The normalized spacial score (nSPS) is 18.4. The lowest BCUT2D eigenvalue weighted by atomic mass is 9.81. The van der Waals surface area contributed by atoms with Crippen LogP contribution in [0.15, 0.2) is 48.5 Å². The molecule has 6 nitrogen and oxygen atoms in total. The highest BCUT2D eigenvalue weighted by molar-refractivity contribution is 5.87.